The summed E-state index contributed by atoms with van der Waals surface area (Å²) in [5.41, 5.74) is 2.57. The Morgan fingerprint density at radius 1 is 1.23 bits per heavy atom. The summed E-state index contributed by atoms with van der Waals surface area (Å²) >= 11 is 7.47. The Hall–Kier alpha value is -2.61. The van der Waals surface area contributed by atoms with Gasteiger partial charge in [-0.05, 0) is 42.4 Å². The first-order valence-corrected chi connectivity index (χ1v) is 11.3. The number of nitrogens with zero attached hydrogens (tertiary/aromatic N) is 2. The third-order valence-electron chi connectivity index (χ3n) is 5.21. The van der Waals surface area contributed by atoms with Gasteiger partial charge in [0, 0.05) is 35.0 Å². The zero-order chi connectivity index (χ0) is 21.8. The van der Waals surface area contributed by atoms with E-state index >= 15 is 0 Å². The number of likely N-dealkylation sites (N-methyl/N-ethyl adjacent to an activating group) is 1. The molecule has 0 atom stereocenters. The van der Waals surface area contributed by atoms with Gasteiger partial charge >= 0.3 is 0 Å². The number of hydrogen-bond acceptors (Lipinski definition) is 6. The first-order valence-electron chi connectivity index (χ1n) is 10.1. The molecule has 0 radical (unpaired) electrons. The van der Waals surface area contributed by atoms with Crippen molar-refractivity contribution < 1.29 is 14.3 Å². The minimum atomic E-state index is -0.221. The molecule has 0 aliphatic carbocycles. The van der Waals surface area contributed by atoms with Crippen LogP contribution in [0.4, 0.5) is 5.13 Å². The number of rotatable bonds is 7. The molecule has 2 aromatic carbocycles. The molecule has 0 saturated heterocycles. The second-order valence-electron chi connectivity index (χ2n) is 7.24. The molecule has 31 heavy (non-hydrogen) atoms. The first-order chi connectivity index (χ1) is 15.1. The molecule has 1 N–H and O–H groups in total. The molecule has 0 fully saturated rings. The van der Waals surface area contributed by atoms with Gasteiger partial charge in [-0.15, -0.1) is 11.3 Å². The molecule has 4 rings (SSSR count). The van der Waals surface area contributed by atoms with Crippen LogP contribution in [-0.2, 0) is 19.6 Å². The number of amides is 1. The van der Waals surface area contributed by atoms with E-state index in [1.807, 2.05) is 24.3 Å². The van der Waals surface area contributed by atoms with Crippen molar-refractivity contribution in [2.75, 3.05) is 25.5 Å². The highest BCUT2D eigenvalue weighted by atomic mass is 35.5. The van der Waals surface area contributed by atoms with Crippen LogP contribution in [0.1, 0.15) is 33.4 Å². The summed E-state index contributed by atoms with van der Waals surface area (Å²) in [6.07, 6.45) is 0.920. The third kappa shape index (κ3) is 5.18. The minimum Gasteiger partial charge on any atom is -0.493 e. The predicted octanol–water partition coefficient (Wildman–Crippen LogP) is 5.01. The van der Waals surface area contributed by atoms with Gasteiger partial charge in [-0.2, -0.15) is 0 Å². The highest BCUT2D eigenvalue weighted by Gasteiger charge is 2.21. The number of hydrogen-bond donors (Lipinski definition) is 1. The van der Waals surface area contributed by atoms with E-state index in [1.54, 1.807) is 36.6 Å². The fourth-order valence-corrected chi connectivity index (χ4v) is 4.58. The molecule has 0 unspecified atom stereocenters. The zero-order valence-corrected chi connectivity index (χ0v) is 19.1. The number of carbonyl (C=O) groups is 1. The Labute approximate surface area is 190 Å². The van der Waals surface area contributed by atoms with Crippen molar-refractivity contribution >= 4 is 34.0 Å². The molecule has 0 spiro atoms. The van der Waals surface area contributed by atoms with Crippen molar-refractivity contribution in [2.45, 2.75) is 26.5 Å². The maximum absolute atomic E-state index is 12.8. The van der Waals surface area contributed by atoms with E-state index in [0.717, 1.165) is 37.3 Å². The molecule has 1 aliphatic heterocycles. The van der Waals surface area contributed by atoms with E-state index < -0.39 is 0 Å². The fourth-order valence-electron chi connectivity index (χ4n) is 3.41. The molecule has 6 nitrogen and oxygen atoms in total. The van der Waals surface area contributed by atoms with Crippen molar-refractivity contribution in [1.82, 2.24) is 9.88 Å². The SMILES string of the molecule is CCN1CCc2nc(NC(=O)c3ccc(OCc4ccc(Cl)cc4)c(OC)c3)sc2C1. The predicted molar refractivity (Wildman–Crippen MR) is 124 cm³/mol. The van der Waals surface area contributed by atoms with E-state index in [9.17, 15) is 4.79 Å². The van der Waals surface area contributed by atoms with Crippen molar-refractivity contribution in [2.24, 2.45) is 0 Å². The first kappa shape index (κ1) is 21.6. The summed E-state index contributed by atoms with van der Waals surface area (Å²) < 4.78 is 11.3. The van der Waals surface area contributed by atoms with E-state index in [4.69, 9.17) is 21.1 Å². The number of aromatic nitrogens is 1. The molecule has 2 heterocycles. The van der Waals surface area contributed by atoms with E-state index in [0.29, 0.717) is 33.8 Å². The lowest BCUT2D eigenvalue weighted by Gasteiger charge is -2.23. The molecular formula is C23H24ClN3O3S. The Morgan fingerprint density at radius 3 is 2.77 bits per heavy atom. The van der Waals surface area contributed by atoms with Crippen LogP contribution in [-0.4, -0.2) is 36.0 Å². The summed E-state index contributed by atoms with van der Waals surface area (Å²) in [4.78, 5) is 21.0. The average molecular weight is 458 g/mol. The van der Waals surface area contributed by atoms with Crippen molar-refractivity contribution in [3.63, 3.8) is 0 Å². The summed E-state index contributed by atoms with van der Waals surface area (Å²) in [7, 11) is 1.56. The van der Waals surface area contributed by atoms with Gasteiger partial charge in [0.2, 0.25) is 0 Å². The number of nitrogens with one attached hydrogen (secondary N) is 1. The standard InChI is InChI=1S/C23H24ClN3O3S/c1-3-27-11-10-18-21(13-27)31-23(25-18)26-22(28)16-6-9-19(20(12-16)29-2)30-14-15-4-7-17(24)8-5-15/h4-9,12H,3,10-11,13-14H2,1-2H3,(H,25,26,28). The molecule has 162 valence electrons. The zero-order valence-electron chi connectivity index (χ0n) is 17.5. The largest absolute Gasteiger partial charge is 0.493 e. The number of fused-ring (bicyclic) bond motifs is 1. The van der Waals surface area contributed by atoms with Crippen LogP contribution in [0.25, 0.3) is 0 Å². The van der Waals surface area contributed by atoms with Gasteiger partial charge in [0.15, 0.2) is 16.6 Å². The Balaban J connectivity index is 1.43. The topological polar surface area (TPSA) is 63.7 Å². The molecule has 1 aromatic heterocycles. The van der Waals surface area contributed by atoms with Crippen molar-refractivity contribution in [1.29, 1.82) is 0 Å². The molecule has 8 heteroatoms. The van der Waals surface area contributed by atoms with E-state index in [-0.39, 0.29) is 5.91 Å². The number of thiazole rings is 1. The van der Waals surface area contributed by atoms with Gasteiger partial charge in [-0.1, -0.05) is 30.7 Å². The van der Waals surface area contributed by atoms with Crippen LogP contribution in [0.15, 0.2) is 42.5 Å². The van der Waals surface area contributed by atoms with E-state index in [1.165, 1.54) is 4.88 Å². The third-order valence-corrected chi connectivity index (χ3v) is 6.46. The Bertz CT molecular complexity index is 1070. The Morgan fingerprint density at radius 2 is 2.03 bits per heavy atom. The molecule has 0 bridgehead atoms. The monoisotopic (exact) mass is 457 g/mol. The van der Waals surface area contributed by atoms with Crippen LogP contribution in [0, 0.1) is 0 Å². The van der Waals surface area contributed by atoms with E-state index in [2.05, 4.69) is 22.1 Å². The number of ether oxygens (including phenoxy) is 2. The molecule has 1 amide bonds. The van der Waals surface area contributed by atoms with Crippen molar-refractivity contribution in [3.8, 4) is 11.5 Å². The lowest BCUT2D eigenvalue weighted by atomic mass is 10.2. The van der Waals surface area contributed by atoms with Crippen LogP contribution in [0.3, 0.4) is 0 Å². The van der Waals surface area contributed by atoms with Crippen LogP contribution in [0.2, 0.25) is 5.02 Å². The normalized spacial score (nSPS) is 13.5. The average Bonchev–Trinajstić information content (AvgIpc) is 3.19. The quantitative estimate of drug-likeness (QED) is 0.540. The number of benzene rings is 2. The molecule has 1 aliphatic rings. The van der Waals surface area contributed by atoms with Gasteiger partial charge in [0.05, 0.1) is 12.8 Å². The second kappa shape index (κ2) is 9.68. The van der Waals surface area contributed by atoms with Gasteiger partial charge in [0.25, 0.3) is 5.91 Å². The number of carbonyl (C=O) groups excluding carboxylic acids is 1. The van der Waals surface area contributed by atoms with Gasteiger partial charge < -0.3 is 9.47 Å². The molecule has 0 saturated carbocycles. The summed E-state index contributed by atoms with van der Waals surface area (Å²) in [5.74, 6) is 0.845. The smallest absolute Gasteiger partial charge is 0.257 e. The highest BCUT2D eigenvalue weighted by Crippen LogP contribution is 2.31. The molecule has 3 aromatic rings. The highest BCUT2D eigenvalue weighted by molar-refractivity contribution is 7.15. The molecular weight excluding hydrogens is 434 g/mol. The Kier molecular flexibility index (Phi) is 6.75. The lowest BCUT2D eigenvalue weighted by Crippen LogP contribution is -2.29. The maximum Gasteiger partial charge on any atom is 0.257 e. The summed E-state index contributed by atoms with van der Waals surface area (Å²) in [5, 5.41) is 4.24. The van der Waals surface area contributed by atoms with Crippen LogP contribution >= 0.6 is 22.9 Å². The lowest BCUT2D eigenvalue weighted by molar-refractivity contribution is 0.102. The number of methoxy groups -OCH3 is 1. The van der Waals surface area contributed by atoms with Gasteiger partial charge in [0.1, 0.15) is 6.61 Å². The summed E-state index contributed by atoms with van der Waals surface area (Å²) in [6.45, 7) is 5.46. The fraction of sp³-hybridized carbons (Fsp3) is 0.304. The van der Waals surface area contributed by atoms with Crippen LogP contribution < -0.4 is 14.8 Å². The van der Waals surface area contributed by atoms with Gasteiger partial charge in [-0.3, -0.25) is 15.0 Å². The number of anilines is 1. The van der Waals surface area contributed by atoms with Crippen LogP contribution in [0.5, 0.6) is 11.5 Å². The van der Waals surface area contributed by atoms with Crippen molar-refractivity contribution in [3.05, 3.63) is 69.2 Å². The second-order valence-corrected chi connectivity index (χ2v) is 8.76. The maximum atomic E-state index is 12.8. The minimum absolute atomic E-state index is 0.221. The van der Waals surface area contributed by atoms with Gasteiger partial charge in [-0.25, -0.2) is 4.98 Å². The summed E-state index contributed by atoms with van der Waals surface area (Å²) in [6, 6.07) is 12.6. The number of halogens is 1.